The van der Waals surface area contributed by atoms with Gasteiger partial charge in [-0.05, 0) is 51.0 Å². The lowest BCUT2D eigenvalue weighted by Crippen LogP contribution is -2.37. The van der Waals surface area contributed by atoms with Gasteiger partial charge in [0, 0.05) is 18.6 Å². The molecule has 2 rings (SSSR count). The van der Waals surface area contributed by atoms with Crippen molar-refractivity contribution in [1.29, 1.82) is 0 Å². The summed E-state index contributed by atoms with van der Waals surface area (Å²) < 4.78 is 0. The average molecular weight is 210 g/mol. The van der Waals surface area contributed by atoms with Crippen LogP contribution in [0.25, 0.3) is 0 Å². The van der Waals surface area contributed by atoms with Gasteiger partial charge < -0.3 is 10.6 Å². The van der Waals surface area contributed by atoms with Crippen molar-refractivity contribution in [2.24, 2.45) is 11.7 Å². The highest BCUT2D eigenvalue weighted by Crippen LogP contribution is 2.31. The molecule has 2 N–H and O–H groups in total. The lowest BCUT2D eigenvalue weighted by molar-refractivity contribution is 0.185. The van der Waals surface area contributed by atoms with E-state index in [4.69, 9.17) is 5.73 Å². The summed E-state index contributed by atoms with van der Waals surface area (Å²) >= 11 is 0. The highest BCUT2D eigenvalue weighted by atomic mass is 15.2. The number of hydrogen-bond donors (Lipinski definition) is 1. The Morgan fingerprint density at radius 2 is 2.00 bits per heavy atom. The van der Waals surface area contributed by atoms with Gasteiger partial charge in [0.1, 0.15) is 0 Å². The first-order valence-corrected chi connectivity index (χ1v) is 6.79. The van der Waals surface area contributed by atoms with E-state index in [1.165, 1.54) is 58.0 Å². The Hall–Kier alpha value is -0.0800. The highest BCUT2D eigenvalue weighted by molar-refractivity contribution is 4.87. The van der Waals surface area contributed by atoms with Crippen molar-refractivity contribution in [3.05, 3.63) is 0 Å². The van der Waals surface area contributed by atoms with Gasteiger partial charge in [0.25, 0.3) is 0 Å². The van der Waals surface area contributed by atoms with Gasteiger partial charge in [-0.15, -0.1) is 0 Å². The minimum atomic E-state index is 0.492. The molecule has 0 aliphatic heterocycles. The van der Waals surface area contributed by atoms with Gasteiger partial charge in [-0.25, -0.2) is 0 Å². The fraction of sp³-hybridized carbons (Fsp3) is 1.00. The molecule has 0 radical (unpaired) electrons. The van der Waals surface area contributed by atoms with Crippen LogP contribution in [-0.2, 0) is 0 Å². The highest BCUT2D eigenvalue weighted by Gasteiger charge is 2.30. The molecule has 2 atom stereocenters. The molecule has 2 nitrogen and oxygen atoms in total. The van der Waals surface area contributed by atoms with Gasteiger partial charge in [0.05, 0.1) is 0 Å². The molecule has 2 unspecified atom stereocenters. The van der Waals surface area contributed by atoms with E-state index < -0.39 is 0 Å². The zero-order valence-electron chi connectivity index (χ0n) is 10.1. The summed E-state index contributed by atoms with van der Waals surface area (Å²) in [6, 6.07) is 1.43. The second kappa shape index (κ2) is 5.31. The van der Waals surface area contributed by atoms with E-state index in [-0.39, 0.29) is 0 Å². The number of nitrogens with zero attached hydrogens (tertiary/aromatic N) is 1. The van der Waals surface area contributed by atoms with Crippen molar-refractivity contribution in [3.8, 4) is 0 Å². The Morgan fingerprint density at radius 1 is 1.20 bits per heavy atom. The third-order valence-electron chi connectivity index (χ3n) is 3.89. The summed E-state index contributed by atoms with van der Waals surface area (Å²) in [6.07, 6.45) is 9.49. The molecular weight excluding hydrogens is 184 g/mol. The van der Waals surface area contributed by atoms with E-state index >= 15 is 0 Å². The van der Waals surface area contributed by atoms with E-state index in [2.05, 4.69) is 11.8 Å². The first kappa shape index (κ1) is 11.4. The summed E-state index contributed by atoms with van der Waals surface area (Å²) in [5.74, 6) is 0.890. The zero-order chi connectivity index (χ0) is 10.7. The first-order chi connectivity index (χ1) is 7.29. The van der Waals surface area contributed by atoms with Crippen LogP contribution < -0.4 is 5.73 Å². The smallest absolute Gasteiger partial charge is 0.00965 e. The molecule has 0 aromatic carbocycles. The largest absolute Gasteiger partial charge is 0.328 e. The molecule has 0 heterocycles. The minimum Gasteiger partial charge on any atom is -0.328 e. The summed E-state index contributed by atoms with van der Waals surface area (Å²) in [5, 5.41) is 0. The summed E-state index contributed by atoms with van der Waals surface area (Å²) in [7, 11) is 0. The fourth-order valence-corrected chi connectivity index (χ4v) is 2.98. The molecule has 0 bridgehead atoms. The summed E-state index contributed by atoms with van der Waals surface area (Å²) in [6.45, 7) is 4.92. The molecular formula is C13H26N2. The Morgan fingerprint density at radius 3 is 2.60 bits per heavy atom. The lowest BCUT2D eigenvalue weighted by atomic mass is 9.86. The third kappa shape index (κ3) is 3.46. The molecule has 0 aromatic heterocycles. The lowest BCUT2D eigenvalue weighted by Gasteiger charge is -2.32. The number of rotatable bonds is 5. The summed E-state index contributed by atoms with van der Waals surface area (Å²) in [5.41, 5.74) is 6.05. The molecule has 2 heteroatoms. The van der Waals surface area contributed by atoms with E-state index in [1.807, 2.05) is 0 Å². The van der Waals surface area contributed by atoms with E-state index in [0.717, 1.165) is 12.0 Å². The van der Waals surface area contributed by atoms with Crippen molar-refractivity contribution in [2.45, 2.75) is 64.0 Å². The fourth-order valence-electron chi connectivity index (χ4n) is 2.98. The molecule has 0 spiro atoms. The third-order valence-corrected chi connectivity index (χ3v) is 3.89. The van der Waals surface area contributed by atoms with Crippen molar-refractivity contribution in [2.75, 3.05) is 13.1 Å². The standard InChI is InChI=1S/C13H26N2/c1-2-8-15(13-6-7-13)10-11-4-3-5-12(14)9-11/h11-13H,2-10,14H2,1H3. The van der Waals surface area contributed by atoms with Gasteiger partial charge in [0.2, 0.25) is 0 Å². The average Bonchev–Trinajstić information content (AvgIpc) is 3.00. The molecule has 2 aliphatic rings. The number of nitrogens with two attached hydrogens (primary N) is 1. The van der Waals surface area contributed by atoms with Gasteiger partial charge in [-0.1, -0.05) is 13.3 Å². The minimum absolute atomic E-state index is 0.492. The maximum absolute atomic E-state index is 6.05. The predicted molar refractivity (Wildman–Crippen MR) is 64.8 cm³/mol. The van der Waals surface area contributed by atoms with Gasteiger partial charge in [0.15, 0.2) is 0 Å². The van der Waals surface area contributed by atoms with Crippen LogP contribution in [0, 0.1) is 5.92 Å². The van der Waals surface area contributed by atoms with Crippen LogP contribution in [0.15, 0.2) is 0 Å². The number of hydrogen-bond acceptors (Lipinski definition) is 2. The van der Waals surface area contributed by atoms with E-state index in [0.29, 0.717) is 6.04 Å². The van der Waals surface area contributed by atoms with Crippen LogP contribution in [0.5, 0.6) is 0 Å². The molecule has 0 amide bonds. The Balaban J connectivity index is 1.77. The second-order valence-corrected chi connectivity index (χ2v) is 5.52. The summed E-state index contributed by atoms with van der Waals surface area (Å²) in [4.78, 5) is 2.72. The first-order valence-electron chi connectivity index (χ1n) is 6.79. The monoisotopic (exact) mass is 210 g/mol. The Bertz CT molecular complexity index is 189. The molecule has 15 heavy (non-hydrogen) atoms. The van der Waals surface area contributed by atoms with Crippen LogP contribution in [-0.4, -0.2) is 30.1 Å². The van der Waals surface area contributed by atoms with Crippen LogP contribution >= 0.6 is 0 Å². The van der Waals surface area contributed by atoms with Crippen molar-refractivity contribution in [3.63, 3.8) is 0 Å². The maximum Gasteiger partial charge on any atom is 0.00965 e. The zero-order valence-corrected chi connectivity index (χ0v) is 10.1. The molecule has 2 aliphatic carbocycles. The molecule has 88 valence electrons. The van der Waals surface area contributed by atoms with Gasteiger partial charge in [-0.3, -0.25) is 0 Å². The van der Waals surface area contributed by atoms with Gasteiger partial charge >= 0.3 is 0 Å². The molecule has 0 aromatic rings. The van der Waals surface area contributed by atoms with Crippen LogP contribution in [0.3, 0.4) is 0 Å². The predicted octanol–water partition coefficient (Wildman–Crippen LogP) is 2.38. The van der Waals surface area contributed by atoms with E-state index in [1.54, 1.807) is 0 Å². The quantitative estimate of drug-likeness (QED) is 0.755. The maximum atomic E-state index is 6.05. The van der Waals surface area contributed by atoms with Crippen molar-refractivity contribution < 1.29 is 0 Å². The van der Waals surface area contributed by atoms with Crippen LogP contribution in [0.2, 0.25) is 0 Å². The van der Waals surface area contributed by atoms with Crippen molar-refractivity contribution in [1.82, 2.24) is 4.90 Å². The molecule has 2 saturated carbocycles. The van der Waals surface area contributed by atoms with Crippen LogP contribution in [0.4, 0.5) is 0 Å². The van der Waals surface area contributed by atoms with E-state index in [9.17, 15) is 0 Å². The topological polar surface area (TPSA) is 29.3 Å². The Labute approximate surface area is 94.2 Å². The second-order valence-electron chi connectivity index (χ2n) is 5.52. The normalized spacial score (nSPS) is 32.2. The SMILES string of the molecule is CCCN(CC1CCCC(N)C1)C1CC1. The van der Waals surface area contributed by atoms with Gasteiger partial charge in [-0.2, -0.15) is 0 Å². The van der Waals surface area contributed by atoms with Crippen molar-refractivity contribution >= 4 is 0 Å². The Kier molecular flexibility index (Phi) is 4.04. The van der Waals surface area contributed by atoms with Crippen LogP contribution in [0.1, 0.15) is 51.9 Å². The molecule has 2 fully saturated rings. The molecule has 0 saturated heterocycles.